The van der Waals surface area contributed by atoms with Crippen LogP contribution >= 0.6 is 0 Å². The van der Waals surface area contributed by atoms with E-state index in [0.717, 1.165) is 12.1 Å². The number of carbonyl (C=O) groups excluding carboxylic acids is 1. The van der Waals surface area contributed by atoms with Crippen molar-refractivity contribution in [2.24, 2.45) is 23.5 Å². The highest BCUT2D eigenvalue weighted by molar-refractivity contribution is 5.93. The molecule has 1 aromatic rings. The van der Waals surface area contributed by atoms with E-state index in [-0.39, 0.29) is 23.3 Å². The van der Waals surface area contributed by atoms with E-state index in [1.54, 1.807) is 0 Å². The summed E-state index contributed by atoms with van der Waals surface area (Å²) in [6.07, 6.45) is 3.51. The lowest BCUT2D eigenvalue weighted by Gasteiger charge is -2.27. The zero-order valence-electron chi connectivity index (χ0n) is 13.2. The Kier molecular flexibility index (Phi) is 3.56. The summed E-state index contributed by atoms with van der Waals surface area (Å²) in [5.74, 6) is 1.18. The molecular weight excluding hydrogens is 260 g/mol. The van der Waals surface area contributed by atoms with Crippen LogP contribution in [0, 0.1) is 17.8 Å². The van der Waals surface area contributed by atoms with Crippen molar-refractivity contribution in [2.45, 2.75) is 51.5 Å². The van der Waals surface area contributed by atoms with Crippen LogP contribution in [0.25, 0.3) is 0 Å². The second-order valence-electron chi connectivity index (χ2n) is 7.75. The predicted octanol–water partition coefficient (Wildman–Crippen LogP) is 3.30. The van der Waals surface area contributed by atoms with E-state index in [2.05, 4.69) is 38.2 Å². The molecular formula is C18H26N2O. The van der Waals surface area contributed by atoms with Crippen molar-refractivity contribution in [1.82, 2.24) is 0 Å². The van der Waals surface area contributed by atoms with E-state index in [1.165, 1.54) is 18.4 Å². The summed E-state index contributed by atoms with van der Waals surface area (Å²) in [5, 5.41) is 3.06. The third-order valence-electron chi connectivity index (χ3n) is 5.30. The summed E-state index contributed by atoms with van der Waals surface area (Å²) in [4.78, 5) is 12.5. The number of hydrogen-bond donors (Lipinski definition) is 2. The summed E-state index contributed by atoms with van der Waals surface area (Å²) in [5.41, 5.74) is 8.53. The van der Waals surface area contributed by atoms with Crippen LogP contribution in [0.4, 0.5) is 5.69 Å². The Morgan fingerprint density at radius 1 is 1.14 bits per heavy atom. The second kappa shape index (κ2) is 5.13. The van der Waals surface area contributed by atoms with Gasteiger partial charge < -0.3 is 11.1 Å². The average Bonchev–Trinajstić information content (AvgIpc) is 2.98. The maximum absolute atomic E-state index is 12.5. The minimum atomic E-state index is 0.00560. The largest absolute Gasteiger partial charge is 0.327 e. The minimum absolute atomic E-state index is 0.00560. The van der Waals surface area contributed by atoms with Crippen LogP contribution in [0.15, 0.2) is 24.3 Å². The lowest BCUT2D eigenvalue weighted by Crippen LogP contribution is -2.42. The molecule has 4 atom stereocenters. The molecule has 3 N–H and O–H groups in total. The molecule has 3 rings (SSSR count). The van der Waals surface area contributed by atoms with Crippen LogP contribution in [-0.4, -0.2) is 11.9 Å². The quantitative estimate of drug-likeness (QED) is 0.876. The first kappa shape index (κ1) is 14.6. The molecule has 3 heteroatoms. The van der Waals surface area contributed by atoms with Crippen molar-refractivity contribution >= 4 is 11.6 Å². The number of nitrogens with two attached hydrogens (primary N) is 1. The first-order valence-electron chi connectivity index (χ1n) is 8.03. The van der Waals surface area contributed by atoms with Crippen molar-refractivity contribution in [3.05, 3.63) is 29.8 Å². The topological polar surface area (TPSA) is 55.1 Å². The lowest BCUT2D eigenvalue weighted by molar-refractivity contribution is -0.121. The van der Waals surface area contributed by atoms with Crippen molar-refractivity contribution in [1.29, 1.82) is 0 Å². The Balaban J connectivity index is 1.68. The van der Waals surface area contributed by atoms with Gasteiger partial charge in [-0.1, -0.05) is 32.9 Å². The molecule has 1 aromatic carbocycles. The van der Waals surface area contributed by atoms with Gasteiger partial charge in [0.1, 0.15) is 0 Å². The highest BCUT2D eigenvalue weighted by Crippen LogP contribution is 2.47. The number of benzene rings is 1. The molecule has 0 radical (unpaired) electrons. The first-order chi connectivity index (χ1) is 9.86. The maximum atomic E-state index is 12.5. The molecule has 0 saturated heterocycles. The molecule has 2 aliphatic carbocycles. The molecule has 2 aliphatic rings. The number of rotatable bonds is 2. The molecule has 3 nitrogen and oxygen atoms in total. The van der Waals surface area contributed by atoms with Gasteiger partial charge in [0, 0.05) is 11.7 Å². The summed E-state index contributed by atoms with van der Waals surface area (Å²) in [6, 6.07) is 8.23. The molecule has 0 heterocycles. The molecule has 4 unspecified atom stereocenters. The van der Waals surface area contributed by atoms with Gasteiger partial charge in [-0.2, -0.15) is 0 Å². The third kappa shape index (κ3) is 2.71. The highest BCUT2D eigenvalue weighted by atomic mass is 16.2. The number of fused-ring (bicyclic) bond motifs is 2. The number of anilines is 1. The number of amides is 1. The minimum Gasteiger partial charge on any atom is -0.327 e. The molecule has 1 amide bonds. The van der Waals surface area contributed by atoms with Gasteiger partial charge in [-0.05, 0) is 54.2 Å². The zero-order chi connectivity index (χ0) is 15.2. The maximum Gasteiger partial charge on any atom is 0.229 e. The SMILES string of the molecule is CC(C)(C)c1ccc(NC(=O)C2C3CCC(C3)C2N)cc1. The number of nitrogens with one attached hydrogen (secondary N) is 1. The van der Waals surface area contributed by atoms with E-state index >= 15 is 0 Å². The molecule has 0 spiro atoms. The zero-order valence-corrected chi connectivity index (χ0v) is 13.2. The van der Waals surface area contributed by atoms with Crippen LogP contribution in [0.5, 0.6) is 0 Å². The molecule has 2 saturated carbocycles. The Morgan fingerprint density at radius 3 is 2.29 bits per heavy atom. The van der Waals surface area contributed by atoms with Crippen LogP contribution in [0.1, 0.15) is 45.6 Å². The normalized spacial score (nSPS) is 31.4. The fourth-order valence-corrected chi connectivity index (χ4v) is 4.00. The molecule has 2 bridgehead atoms. The Hall–Kier alpha value is -1.35. The summed E-state index contributed by atoms with van der Waals surface area (Å²) < 4.78 is 0. The van der Waals surface area contributed by atoms with E-state index < -0.39 is 0 Å². The van der Waals surface area contributed by atoms with E-state index in [4.69, 9.17) is 5.73 Å². The van der Waals surface area contributed by atoms with E-state index in [1.807, 2.05) is 12.1 Å². The van der Waals surface area contributed by atoms with Gasteiger partial charge in [0.2, 0.25) is 5.91 Å². The monoisotopic (exact) mass is 286 g/mol. The van der Waals surface area contributed by atoms with Gasteiger partial charge >= 0.3 is 0 Å². The summed E-state index contributed by atoms with van der Waals surface area (Å²) in [7, 11) is 0. The fraction of sp³-hybridized carbons (Fsp3) is 0.611. The molecule has 0 aliphatic heterocycles. The van der Waals surface area contributed by atoms with Gasteiger partial charge in [0.15, 0.2) is 0 Å². The van der Waals surface area contributed by atoms with Crippen molar-refractivity contribution in [3.8, 4) is 0 Å². The van der Waals surface area contributed by atoms with Crippen LogP contribution < -0.4 is 11.1 Å². The smallest absolute Gasteiger partial charge is 0.229 e. The van der Waals surface area contributed by atoms with E-state index in [9.17, 15) is 4.79 Å². The Bertz CT molecular complexity index is 527. The van der Waals surface area contributed by atoms with E-state index in [0.29, 0.717) is 11.8 Å². The molecule has 0 aromatic heterocycles. The Labute approximate surface area is 127 Å². The van der Waals surface area contributed by atoms with Crippen LogP contribution in [0.2, 0.25) is 0 Å². The van der Waals surface area contributed by atoms with Gasteiger partial charge in [-0.25, -0.2) is 0 Å². The fourth-order valence-electron chi connectivity index (χ4n) is 4.00. The summed E-state index contributed by atoms with van der Waals surface area (Å²) in [6.45, 7) is 6.57. The Morgan fingerprint density at radius 2 is 1.76 bits per heavy atom. The van der Waals surface area contributed by atoms with Gasteiger partial charge in [0.05, 0.1) is 5.92 Å². The highest BCUT2D eigenvalue weighted by Gasteiger charge is 2.49. The second-order valence-corrected chi connectivity index (χ2v) is 7.75. The predicted molar refractivity (Wildman–Crippen MR) is 86.1 cm³/mol. The average molecular weight is 286 g/mol. The third-order valence-corrected chi connectivity index (χ3v) is 5.30. The van der Waals surface area contributed by atoms with Crippen LogP contribution in [0.3, 0.4) is 0 Å². The first-order valence-corrected chi connectivity index (χ1v) is 8.03. The number of hydrogen-bond acceptors (Lipinski definition) is 2. The van der Waals surface area contributed by atoms with Crippen molar-refractivity contribution in [3.63, 3.8) is 0 Å². The standard InChI is InChI=1S/C18H26N2O/c1-18(2,3)13-6-8-14(9-7-13)20-17(21)15-11-4-5-12(10-11)16(15)19/h6-9,11-12,15-16H,4-5,10,19H2,1-3H3,(H,20,21). The molecule has 114 valence electrons. The van der Waals surface area contributed by atoms with Gasteiger partial charge in [-0.3, -0.25) is 4.79 Å². The van der Waals surface area contributed by atoms with Crippen molar-refractivity contribution < 1.29 is 4.79 Å². The van der Waals surface area contributed by atoms with Gasteiger partial charge in [-0.15, -0.1) is 0 Å². The summed E-state index contributed by atoms with van der Waals surface area (Å²) >= 11 is 0. The molecule has 21 heavy (non-hydrogen) atoms. The van der Waals surface area contributed by atoms with Crippen LogP contribution in [-0.2, 0) is 10.2 Å². The van der Waals surface area contributed by atoms with Gasteiger partial charge in [0.25, 0.3) is 0 Å². The molecule has 2 fully saturated rings. The van der Waals surface area contributed by atoms with Crippen molar-refractivity contribution in [2.75, 3.05) is 5.32 Å². The lowest BCUT2D eigenvalue weighted by atomic mass is 9.84. The number of carbonyl (C=O) groups is 1.